The van der Waals surface area contributed by atoms with Crippen LogP contribution >= 0.6 is 0 Å². The fourth-order valence-electron chi connectivity index (χ4n) is 2.23. The minimum atomic E-state index is -3.52. The maximum atomic E-state index is 11.5. The monoisotopic (exact) mass is 391 g/mol. The number of nitrogens with one attached hydrogen (secondary N) is 2. The lowest BCUT2D eigenvalue weighted by Gasteiger charge is -2.08. The number of hydrogen-bond donors (Lipinski definition) is 3. The summed E-state index contributed by atoms with van der Waals surface area (Å²) in [5.74, 6) is 0.225. The SMILES string of the molecule is Cc1ccc(NC(N)=NCCNc2ccc(S(C)(=O)=O)cc2[N+](=O)[O-])cc1. The van der Waals surface area contributed by atoms with E-state index in [9.17, 15) is 18.5 Å². The fourth-order valence-corrected chi connectivity index (χ4v) is 2.87. The van der Waals surface area contributed by atoms with Crippen LogP contribution in [0.4, 0.5) is 17.1 Å². The minimum absolute atomic E-state index is 0.107. The molecule has 0 aliphatic rings. The number of sulfone groups is 1. The lowest BCUT2D eigenvalue weighted by atomic mass is 10.2. The van der Waals surface area contributed by atoms with Gasteiger partial charge in [0.25, 0.3) is 5.69 Å². The molecule has 2 rings (SSSR count). The van der Waals surface area contributed by atoms with Gasteiger partial charge in [0.1, 0.15) is 5.69 Å². The van der Waals surface area contributed by atoms with Gasteiger partial charge in [-0.3, -0.25) is 15.1 Å². The van der Waals surface area contributed by atoms with Crippen LogP contribution in [0.5, 0.6) is 0 Å². The van der Waals surface area contributed by atoms with Gasteiger partial charge in [0, 0.05) is 24.6 Å². The molecule has 0 spiro atoms. The molecule has 9 nitrogen and oxygen atoms in total. The van der Waals surface area contributed by atoms with Gasteiger partial charge < -0.3 is 16.4 Å². The molecule has 0 saturated carbocycles. The minimum Gasteiger partial charge on any atom is -0.378 e. The van der Waals surface area contributed by atoms with Crippen LogP contribution in [0.15, 0.2) is 52.4 Å². The van der Waals surface area contributed by atoms with Crippen LogP contribution in [0.25, 0.3) is 0 Å². The van der Waals surface area contributed by atoms with Gasteiger partial charge >= 0.3 is 0 Å². The highest BCUT2D eigenvalue weighted by Crippen LogP contribution is 2.27. The topological polar surface area (TPSA) is 140 Å². The third kappa shape index (κ3) is 5.96. The van der Waals surface area contributed by atoms with Gasteiger partial charge in [-0.2, -0.15) is 0 Å². The molecule has 0 bridgehead atoms. The number of nitrogens with two attached hydrogens (primary N) is 1. The van der Waals surface area contributed by atoms with E-state index in [1.807, 2.05) is 31.2 Å². The second kappa shape index (κ2) is 8.49. The Hall–Kier alpha value is -3.14. The molecular formula is C17H21N5O4S. The van der Waals surface area contributed by atoms with E-state index < -0.39 is 14.8 Å². The average Bonchev–Trinajstić information content (AvgIpc) is 2.59. The van der Waals surface area contributed by atoms with Crippen molar-refractivity contribution in [2.24, 2.45) is 10.7 Å². The van der Waals surface area contributed by atoms with Gasteiger partial charge in [-0.15, -0.1) is 0 Å². The average molecular weight is 391 g/mol. The molecule has 144 valence electrons. The number of nitro groups is 1. The number of anilines is 2. The molecule has 0 atom stereocenters. The van der Waals surface area contributed by atoms with Crippen LogP contribution < -0.4 is 16.4 Å². The van der Waals surface area contributed by atoms with E-state index in [1.165, 1.54) is 12.1 Å². The van der Waals surface area contributed by atoms with Crippen LogP contribution in [0, 0.1) is 17.0 Å². The Kier molecular flexibility index (Phi) is 6.35. The maximum absolute atomic E-state index is 11.5. The highest BCUT2D eigenvalue weighted by Gasteiger charge is 2.18. The molecule has 0 unspecified atom stereocenters. The van der Waals surface area contributed by atoms with Crippen molar-refractivity contribution in [1.29, 1.82) is 0 Å². The zero-order valence-electron chi connectivity index (χ0n) is 15.0. The highest BCUT2D eigenvalue weighted by molar-refractivity contribution is 7.90. The predicted octanol–water partition coefficient (Wildman–Crippen LogP) is 2.15. The molecule has 0 radical (unpaired) electrons. The summed E-state index contributed by atoms with van der Waals surface area (Å²) in [5.41, 5.74) is 7.64. The Balaban J connectivity index is 1.98. The number of rotatable bonds is 7. The normalized spacial score (nSPS) is 11.9. The van der Waals surface area contributed by atoms with Crippen molar-refractivity contribution < 1.29 is 13.3 Å². The summed E-state index contributed by atoms with van der Waals surface area (Å²) < 4.78 is 23.1. The van der Waals surface area contributed by atoms with Crippen LogP contribution in [-0.2, 0) is 9.84 Å². The van der Waals surface area contributed by atoms with E-state index in [2.05, 4.69) is 15.6 Å². The van der Waals surface area contributed by atoms with Crippen molar-refractivity contribution in [3.63, 3.8) is 0 Å². The predicted molar refractivity (Wildman–Crippen MR) is 106 cm³/mol. The number of aryl methyl sites for hydroxylation is 1. The molecule has 0 saturated heterocycles. The first-order valence-corrected chi connectivity index (χ1v) is 9.92. The molecule has 4 N–H and O–H groups in total. The standard InChI is InChI=1S/C17H21N5O4S/c1-12-3-5-13(6-4-12)21-17(18)20-10-9-19-15-8-7-14(27(2,25)26)11-16(15)22(23)24/h3-8,11,19H,9-10H2,1-2H3,(H3,18,20,21). The Morgan fingerprint density at radius 3 is 2.48 bits per heavy atom. The summed E-state index contributed by atoms with van der Waals surface area (Å²) in [4.78, 5) is 14.6. The molecule has 0 fully saturated rings. The summed E-state index contributed by atoms with van der Waals surface area (Å²) in [6, 6.07) is 11.4. The molecule has 0 amide bonds. The number of hydrogen-bond acceptors (Lipinski definition) is 6. The van der Waals surface area contributed by atoms with Gasteiger partial charge in [0.05, 0.1) is 16.4 Å². The molecule has 2 aromatic carbocycles. The van der Waals surface area contributed by atoms with Crippen LogP contribution in [0.1, 0.15) is 5.56 Å². The summed E-state index contributed by atoms with van der Waals surface area (Å²) in [7, 11) is -3.52. The zero-order valence-corrected chi connectivity index (χ0v) is 15.8. The first-order chi connectivity index (χ1) is 12.7. The van der Waals surface area contributed by atoms with Gasteiger partial charge in [-0.1, -0.05) is 17.7 Å². The molecule has 0 aliphatic carbocycles. The number of benzene rings is 2. The second-order valence-corrected chi connectivity index (χ2v) is 7.91. The largest absolute Gasteiger partial charge is 0.378 e. The van der Waals surface area contributed by atoms with Gasteiger partial charge in [-0.05, 0) is 31.2 Å². The van der Waals surface area contributed by atoms with Crippen LogP contribution in [0.2, 0.25) is 0 Å². The van der Waals surface area contributed by atoms with E-state index in [0.717, 1.165) is 23.6 Å². The third-order valence-electron chi connectivity index (χ3n) is 3.63. The Morgan fingerprint density at radius 1 is 1.22 bits per heavy atom. The smallest absolute Gasteiger partial charge is 0.293 e. The number of guanidine groups is 1. The third-order valence-corrected chi connectivity index (χ3v) is 4.74. The molecular weight excluding hydrogens is 370 g/mol. The lowest BCUT2D eigenvalue weighted by molar-refractivity contribution is -0.384. The second-order valence-electron chi connectivity index (χ2n) is 5.89. The van der Waals surface area contributed by atoms with Crippen LogP contribution in [-0.4, -0.2) is 38.6 Å². The van der Waals surface area contributed by atoms with Crippen molar-refractivity contribution in [1.82, 2.24) is 0 Å². The van der Waals surface area contributed by atoms with Crippen molar-refractivity contribution in [2.45, 2.75) is 11.8 Å². The Morgan fingerprint density at radius 2 is 1.89 bits per heavy atom. The first-order valence-electron chi connectivity index (χ1n) is 8.03. The summed E-state index contributed by atoms with van der Waals surface area (Å²) >= 11 is 0. The number of aliphatic imine (C=N–C) groups is 1. The number of nitrogens with zero attached hydrogens (tertiary/aromatic N) is 2. The van der Waals surface area contributed by atoms with Crippen molar-refractivity contribution >= 4 is 32.9 Å². The highest BCUT2D eigenvalue weighted by atomic mass is 32.2. The van der Waals surface area contributed by atoms with Gasteiger partial charge in [-0.25, -0.2) is 8.42 Å². The van der Waals surface area contributed by atoms with Gasteiger partial charge in [0.2, 0.25) is 0 Å². The van der Waals surface area contributed by atoms with Gasteiger partial charge in [0.15, 0.2) is 15.8 Å². The fraction of sp³-hybridized carbons (Fsp3) is 0.235. The zero-order chi connectivity index (χ0) is 20.0. The summed E-state index contributed by atoms with van der Waals surface area (Å²) in [6.07, 6.45) is 0.998. The maximum Gasteiger partial charge on any atom is 0.293 e. The van der Waals surface area contributed by atoms with E-state index >= 15 is 0 Å². The van der Waals surface area contributed by atoms with E-state index in [0.29, 0.717) is 0 Å². The van der Waals surface area contributed by atoms with Crippen molar-refractivity contribution in [3.8, 4) is 0 Å². The Bertz CT molecular complexity index is 956. The molecule has 27 heavy (non-hydrogen) atoms. The summed E-state index contributed by atoms with van der Waals surface area (Å²) in [5, 5.41) is 17.0. The number of nitro benzene ring substituents is 1. The molecule has 10 heteroatoms. The van der Waals surface area contributed by atoms with Crippen molar-refractivity contribution in [3.05, 3.63) is 58.1 Å². The van der Waals surface area contributed by atoms with E-state index in [4.69, 9.17) is 5.73 Å². The van der Waals surface area contributed by atoms with Crippen molar-refractivity contribution in [2.75, 3.05) is 30.0 Å². The lowest BCUT2D eigenvalue weighted by Crippen LogP contribution is -2.23. The Labute approximate surface area is 157 Å². The van der Waals surface area contributed by atoms with Crippen LogP contribution in [0.3, 0.4) is 0 Å². The molecule has 0 aromatic heterocycles. The van der Waals surface area contributed by atoms with E-state index in [-0.39, 0.29) is 35.3 Å². The van der Waals surface area contributed by atoms with E-state index in [1.54, 1.807) is 0 Å². The molecule has 0 heterocycles. The first kappa shape index (κ1) is 20.2. The molecule has 2 aromatic rings. The quantitative estimate of drug-likeness (QED) is 0.216. The molecule has 0 aliphatic heterocycles. The summed E-state index contributed by atoms with van der Waals surface area (Å²) in [6.45, 7) is 2.54.